The normalized spacial score (nSPS) is 20.4. The van der Waals surface area contributed by atoms with Gasteiger partial charge in [0.15, 0.2) is 0 Å². The van der Waals surface area contributed by atoms with Crippen molar-refractivity contribution < 1.29 is 4.79 Å². The first-order valence-electron chi connectivity index (χ1n) is 5.23. The van der Waals surface area contributed by atoms with E-state index in [9.17, 15) is 4.79 Å². The minimum absolute atomic E-state index is 0.183. The van der Waals surface area contributed by atoms with Crippen molar-refractivity contribution in [1.29, 1.82) is 0 Å². The highest BCUT2D eigenvalue weighted by atomic mass is 16.1. The zero-order valence-electron chi connectivity index (χ0n) is 8.46. The monoisotopic (exact) mass is 184 g/mol. The van der Waals surface area contributed by atoms with Crippen molar-refractivity contribution in [3.63, 3.8) is 0 Å². The summed E-state index contributed by atoms with van der Waals surface area (Å²) in [7, 11) is 0. The average Bonchev–Trinajstić information content (AvgIpc) is 2.15. The molecule has 0 spiro atoms. The summed E-state index contributed by atoms with van der Waals surface area (Å²) in [4.78, 5) is 12.9. The molecule has 0 atom stereocenters. The fraction of sp³-hybridized carbons (Fsp3) is 0.900. The molecule has 0 bridgehead atoms. The van der Waals surface area contributed by atoms with Crippen LogP contribution in [0.25, 0.3) is 0 Å². The van der Waals surface area contributed by atoms with E-state index in [2.05, 4.69) is 11.8 Å². The molecule has 1 heterocycles. The Bertz CT molecular complexity index is 162. The fourth-order valence-corrected chi connectivity index (χ4v) is 1.89. The molecule has 76 valence electrons. The molecule has 2 N–H and O–H groups in total. The Labute approximate surface area is 80.3 Å². The number of hydrogen-bond acceptors (Lipinski definition) is 2. The maximum Gasteiger partial charge on any atom is 0.218 e. The van der Waals surface area contributed by atoms with Crippen LogP contribution in [0, 0.1) is 5.92 Å². The maximum atomic E-state index is 10.6. The third-order valence-electron chi connectivity index (χ3n) is 2.96. The molecule has 1 fully saturated rings. The van der Waals surface area contributed by atoms with Crippen LogP contribution in [0.2, 0.25) is 0 Å². The Morgan fingerprint density at radius 1 is 1.46 bits per heavy atom. The second-order valence-corrected chi connectivity index (χ2v) is 3.91. The van der Waals surface area contributed by atoms with Gasteiger partial charge in [-0.15, -0.1) is 0 Å². The minimum Gasteiger partial charge on any atom is -0.370 e. The van der Waals surface area contributed by atoms with Gasteiger partial charge in [-0.1, -0.05) is 13.3 Å². The molecule has 0 aromatic rings. The van der Waals surface area contributed by atoms with Crippen LogP contribution in [-0.2, 0) is 4.79 Å². The van der Waals surface area contributed by atoms with Crippen molar-refractivity contribution in [2.75, 3.05) is 19.6 Å². The molecule has 3 nitrogen and oxygen atoms in total. The van der Waals surface area contributed by atoms with E-state index in [4.69, 9.17) is 5.73 Å². The van der Waals surface area contributed by atoms with Gasteiger partial charge in [-0.3, -0.25) is 4.79 Å². The van der Waals surface area contributed by atoms with E-state index in [1.54, 1.807) is 0 Å². The second-order valence-electron chi connectivity index (χ2n) is 3.91. The molecule has 0 radical (unpaired) electrons. The highest BCUT2D eigenvalue weighted by Crippen LogP contribution is 2.19. The molecule has 0 unspecified atom stereocenters. The van der Waals surface area contributed by atoms with E-state index in [1.807, 2.05) is 0 Å². The van der Waals surface area contributed by atoms with Gasteiger partial charge in [-0.2, -0.15) is 0 Å². The fourth-order valence-electron chi connectivity index (χ4n) is 1.89. The Hall–Kier alpha value is -0.570. The summed E-state index contributed by atoms with van der Waals surface area (Å²) in [5, 5.41) is 0. The smallest absolute Gasteiger partial charge is 0.218 e. The van der Waals surface area contributed by atoms with E-state index in [0.29, 0.717) is 6.42 Å². The number of nitrogens with zero attached hydrogens (tertiary/aromatic N) is 1. The van der Waals surface area contributed by atoms with Crippen LogP contribution in [0.15, 0.2) is 0 Å². The highest BCUT2D eigenvalue weighted by Gasteiger charge is 2.17. The third kappa shape index (κ3) is 3.77. The lowest BCUT2D eigenvalue weighted by Gasteiger charge is -2.30. The van der Waals surface area contributed by atoms with E-state index in [-0.39, 0.29) is 5.91 Å². The van der Waals surface area contributed by atoms with Crippen molar-refractivity contribution in [2.45, 2.75) is 32.6 Å². The first-order valence-corrected chi connectivity index (χ1v) is 5.23. The average molecular weight is 184 g/mol. The third-order valence-corrected chi connectivity index (χ3v) is 2.96. The predicted octanol–water partition coefficient (Wildman–Crippen LogP) is 0.984. The van der Waals surface area contributed by atoms with Gasteiger partial charge >= 0.3 is 0 Å². The zero-order chi connectivity index (χ0) is 9.68. The number of rotatable bonds is 4. The first-order chi connectivity index (χ1) is 6.22. The summed E-state index contributed by atoms with van der Waals surface area (Å²) in [5.41, 5.74) is 5.10. The first kappa shape index (κ1) is 10.5. The number of nitrogens with two attached hydrogens (primary N) is 1. The zero-order valence-corrected chi connectivity index (χ0v) is 8.46. The summed E-state index contributed by atoms with van der Waals surface area (Å²) in [6, 6.07) is 0. The number of amides is 1. The van der Waals surface area contributed by atoms with Crippen molar-refractivity contribution in [3.05, 3.63) is 0 Å². The van der Waals surface area contributed by atoms with E-state index >= 15 is 0 Å². The number of likely N-dealkylation sites (tertiary alicyclic amines) is 1. The summed E-state index contributed by atoms with van der Waals surface area (Å²) in [5.74, 6) is 0.724. The van der Waals surface area contributed by atoms with Crippen molar-refractivity contribution in [1.82, 2.24) is 4.90 Å². The van der Waals surface area contributed by atoms with Crippen LogP contribution < -0.4 is 5.73 Å². The van der Waals surface area contributed by atoms with Crippen LogP contribution >= 0.6 is 0 Å². The topological polar surface area (TPSA) is 46.3 Å². The lowest BCUT2D eigenvalue weighted by atomic mass is 9.94. The van der Waals surface area contributed by atoms with Crippen molar-refractivity contribution in [2.24, 2.45) is 11.7 Å². The SMILES string of the molecule is CCC1CCN(CCC(N)=O)CC1. The molecule has 0 aromatic carbocycles. The van der Waals surface area contributed by atoms with Gasteiger partial charge in [0.05, 0.1) is 0 Å². The molecule has 1 saturated heterocycles. The molecule has 3 heteroatoms. The van der Waals surface area contributed by atoms with Gasteiger partial charge in [0.1, 0.15) is 0 Å². The number of primary amides is 1. The van der Waals surface area contributed by atoms with E-state index < -0.39 is 0 Å². The molecule has 1 aliphatic rings. The number of hydrogen-bond donors (Lipinski definition) is 1. The molecular formula is C10H20N2O. The van der Waals surface area contributed by atoms with Gasteiger partial charge < -0.3 is 10.6 Å². The van der Waals surface area contributed by atoms with Crippen LogP contribution in [-0.4, -0.2) is 30.4 Å². The van der Waals surface area contributed by atoms with Gasteiger partial charge in [0.2, 0.25) is 5.91 Å². The second kappa shape index (κ2) is 5.22. The summed E-state index contributed by atoms with van der Waals surface area (Å²) in [6.07, 6.45) is 4.38. The number of carbonyl (C=O) groups is 1. The minimum atomic E-state index is -0.183. The summed E-state index contributed by atoms with van der Waals surface area (Å²) < 4.78 is 0. The van der Waals surface area contributed by atoms with Crippen LogP contribution in [0.3, 0.4) is 0 Å². The predicted molar refractivity (Wildman–Crippen MR) is 53.3 cm³/mol. The van der Waals surface area contributed by atoms with Crippen molar-refractivity contribution >= 4 is 5.91 Å². The Kier molecular flexibility index (Phi) is 4.22. The van der Waals surface area contributed by atoms with Crippen LogP contribution in [0.5, 0.6) is 0 Å². The Morgan fingerprint density at radius 2 is 2.08 bits per heavy atom. The molecule has 0 aliphatic carbocycles. The van der Waals surface area contributed by atoms with Gasteiger partial charge in [-0.05, 0) is 31.8 Å². The van der Waals surface area contributed by atoms with Crippen LogP contribution in [0.4, 0.5) is 0 Å². The summed E-state index contributed by atoms with van der Waals surface area (Å²) in [6.45, 7) is 5.40. The lowest BCUT2D eigenvalue weighted by molar-refractivity contribution is -0.118. The molecule has 1 rings (SSSR count). The van der Waals surface area contributed by atoms with E-state index in [0.717, 1.165) is 25.6 Å². The molecule has 13 heavy (non-hydrogen) atoms. The largest absolute Gasteiger partial charge is 0.370 e. The Morgan fingerprint density at radius 3 is 2.54 bits per heavy atom. The van der Waals surface area contributed by atoms with Gasteiger partial charge in [-0.25, -0.2) is 0 Å². The van der Waals surface area contributed by atoms with E-state index in [1.165, 1.54) is 19.3 Å². The number of piperidine rings is 1. The quantitative estimate of drug-likeness (QED) is 0.708. The van der Waals surface area contributed by atoms with Gasteiger partial charge in [0, 0.05) is 13.0 Å². The molecule has 0 aromatic heterocycles. The standard InChI is InChI=1S/C10H20N2O/c1-2-9-3-6-12(7-4-9)8-5-10(11)13/h9H,2-8H2,1H3,(H2,11,13). The van der Waals surface area contributed by atoms with Gasteiger partial charge in [0.25, 0.3) is 0 Å². The van der Waals surface area contributed by atoms with Crippen LogP contribution in [0.1, 0.15) is 32.6 Å². The molecule has 0 saturated carbocycles. The maximum absolute atomic E-state index is 10.6. The number of carbonyl (C=O) groups excluding carboxylic acids is 1. The Balaban J connectivity index is 2.14. The van der Waals surface area contributed by atoms with Crippen molar-refractivity contribution in [3.8, 4) is 0 Å². The molecule has 1 aliphatic heterocycles. The molecular weight excluding hydrogens is 164 g/mol. The lowest BCUT2D eigenvalue weighted by Crippen LogP contribution is -2.35. The highest BCUT2D eigenvalue weighted by molar-refractivity contribution is 5.73. The molecule has 1 amide bonds. The summed E-state index contributed by atoms with van der Waals surface area (Å²) >= 11 is 0.